The van der Waals surface area contributed by atoms with Gasteiger partial charge in [0.05, 0.1) is 12.6 Å². The van der Waals surface area contributed by atoms with Gasteiger partial charge in [-0.1, -0.05) is 17.7 Å². The van der Waals surface area contributed by atoms with Crippen LogP contribution in [0.2, 0.25) is 0 Å². The average molecular weight is 260 g/mol. The van der Waals surface area contributed by atoms with E-state index in [-0.39, 0.29) is 24.5 Å². The summed E-state index contributed by atoms with van der Waals surface area (Å²) in [5.74, 6) is -0.138. The Morgan fingerprint density at radius 2 is 1.95 bits per heavy atom. The van der Waals surface area contributed by atoms with Crippen LogP contribution in [0.15, 0.2) is 24.3 Å². The summed E-state index contributed by atoms with van der Waals surface area (Å²) >= 11 is 0. The second-order valence-corrected chi connectivity index (χ2v) is 4.99. The smallest absolute Gasteiger partial charge is 0.332 e. The summed E-state index contributed by atoms with van der Waals surface area (Å²) in [5.41, 5.74) is 1.90. The largest absolute Gasteiger partial charge is 0.379 e. The quantitative estimate of drug-likeness (QED) is 0.758. The normalized spacial score (nSPS) is 23.5. The second kappa shape index (κ2) is 4.66. The van der Waals surface area contributed by atoms with Crippen molar-refractivity contribution in [1.29, 1.82) is 0 Å². The van der Waals surface area contributed by atoms with Crippen molar-refractivity contribution >= 4 is 17.6 Å². The molecule has 0 radical (unpaired) electrons. The minimum absolute atomic E-state index is 0.101. The fourth-order valence-corrected chi connectivity index (χ4v) is 2.53. The molecule has 3 rings (SSSR count). The molecular weight excluding hydrogens is 244 g/mol. The molecule has 100 valence electrons. The molecule has 0 saturated carbocycles. The lowest BCUT2D eigenvalue weighted by molar-refractivity contribution is -0.126. The summed E-state index contributed by atoms with van der Waals surface area (Å²) in [6.07, 6.45) is 0.735. The van der Waals surface area contributed by atoms with Gasteiger partial charge in [-0.3, -0.25) is 14.6 Å². The van der Waals surface area contributed by atoms with Crippen LogP contribution in [0.5, 0.6) is 0 Å². The van der Waals surface area contributed by atoms with Gasteiger partial charge in [0, 0.05) is 12.3 Å². The SMILES string of the molecule is Cc1ccc(N2CC(=O)N(C3CCOC3)C2=O)cc1. The van der Waals surface area contributed by atoms with Gasteiger partial charge in [0.25, 0.3) is 5.91 Å². The van der Waals surface area contributed by atoms with Crippen molar-refractivity contribution in [3.8, 4) is 0 Å². The van der Waals surface area contributed by atoms with E-state index in [9.17, 15) is 9.59 Å². The van der Waals surface area contributed by atoms with E-state index < -0.39 is 0 Å². The molecule has 0 aromatic heterocycles. The summed E-state index contributed by atoms with van der Waals surface area (Å²) in [6, 6.07) is 7.28. The molecule has 2 aliphatic heterocycles. The van der Waals surface area contributed by atoms with E-state index >= 15 is 0 Å². The van der Waals surface area contributed by atoms with Gasteiger partial charge in [-0.2, -0.15) is 0 Å². The highest BCUT2D eigenvalue weighted by atomic mass is 16.5. The molecule has 2 heterocycles. The van der Waals surface area contributed by atoms with E-state index in [1.165, 1.54) is 9.80 Å². The van der Waals surface area contributed by atoms with Crippen LogP contribution in [0.25, 0.3) is 0 Å². The number of hydrogen-bond acceptors (Lipinski definition) is 3. The summed E-state index contributed by atoms with van der Waals surface area (Å²) in [4.78, 5) is 27.3. The Hall–Kier alpha value is -1.88. The van der Waals surface area contributed by atoms with Crippen molar-refractivity contribution in [2.45, 2.75) is 19.4 Å². The maximum atomic E-state index is 12.4. The topological polar surface area (TPSA) is 49.9 Å². The molecular formula is C14H16N2O3. The van der Waals surface area contributed by atoms with Gasteiger partial charge < -0.3 is 4.74 Å². The molecule has 5 nitrogen and oxygen atoms in total. The van der Waals surface area contributed by atoms with Crippen LogP contribution in [-0.2, 0) is 9.53 Å². The number of urea groups is 1. The molecule has 5 heteroatoms. The molecule has 2 fully saturated rings. The van der Waals surface area contributed by atoms with Gasteiger partial charge in [0.1, 0.15) is 6.54 Å². The van der Waals surface area contributed by atoms with Gasteiger partial charge in [0.15, 0.2) is 0 Å². The Morgan fingerprint density at radius 3 is 2.58 bits per heavy atom. The molecule has 0 aliphatic carbocycles. The van der Waals surface area contributed by atoms with Crippen LogP contribution < -0.4 is 4.90 Å². The predicted octanol–water partition coefficient (Wildman–Crippen LogP) is 1.55. The zero-order chi connectivity index (χ0) is 13.4. The van der Waals surface area contributed by atoms with Gasteiger partial charge >= 0.3 is 6.03 Å². The van der Waals surface area contributed by atoms with E-state index in [1.54, 1.807) is 0 Å². The number of imide groups is 1. The second-order valence-electron chi connectivity index (χ2n) is 4.99. The number of aryl methyl sites for hydroxylation is 1. The first-order valence-electron chi connectivity index (χ1n) is 6.45. The Balaban J connectivity index is 1.83. The number of benzene rings is 1. The zero-order valence-corrected chi connectivity index (χ0v) is 10.8. The molecule has 1 unspecified atom stereocenters. The highest BCUT2D eigenvalue weighted by Crippen LogP contribution is 2.25. The van der Waals surface area contributed by atoms with Gasteiger partial charge in [-0.05, 0) is 25.5 Å². The maximum Gasteiger partial charge on any atom is 0.332 e. The maximum absolute atomic E-state index is 12.4. The lowest BCUT2D eigenvalue weighted by Gasteiger charge is -2.21. The molecule has 3 amide bonds. The standard InChI is InChI=1S/C14H16N2O3/c1-10-2-4-11(5-3-10)15-8-13(17)16(14(15)18)12-6-7-19-9-12/h2-5,12H,6-9H2,1H3. The minimum atomic E-state index is -0.232. The van der Waals surface area contributed by atoms with E-state index in [4.69, 9.17) is 4.74 Å². The fourth-order valence-electron chi connectivity index (χ4n) is 2.53. The lowest BCUT2D eigenvalue weighted by atomic mass is 10.2. The van der Waals surface area contributed by atoms with Crippen LogP contribution in [0.1, 0.15) is 12.0 Å². The Morgan fingerprint density at radius 1 is 1.21 bits per heavy atom. The number of hydrogen-bond donors (Lipinski definition) is 0. The zero-order valence-electron chi connectivity index (χ0n) is 10.8. The number of carbonyl (C=O) groups is 2. The third kappa shape index (κ3) is 2.10. The highest BCUT2D eigenvalue weighted by Gasteiger charge is 2.42. The van der Waals surface area contributed by atoms with Crippen molar-refractivity contribution in [2.24, 2.45) is 0 Å². The summed E-state index contributed by atoms with van der Waals surface area (Å²) in [7, 11) is 0. The van der Waals surface area contributed by atoms with Crippen LogP contribution in [0, 0.1) is 6.92 Å². The van der Waals surface area contributed by atoms with Gasteiger partial charge in [-0.25, -0.2) is 4.79 Å². The monoisotopic (exact) mass is 260 g/mol. The summed E-state index contributed by atoms with van der Waals surface area (Å²) in [6.45, 7) is 3.19. The van der Waals surface area contributed by atoms with E-state index in [0.717, 1.165) is 17.7 Å². The Bertz CT molecular complexity index is 506. The average Bonchev–Trinajstić information content (AvgIpc) is 2.99. The molecule has 1 atom stereocenters. The number of amides is 3. The first-order valence-corrected chi connectivity index (χ1v) is 6.45. The lowest BCUT2D eigenvalue weighted by Crippen LogP contribution is -2.41. The first kappa shape index (κ1) is 12.2. The Labute approximate surface area is 111 Å². The number of carbonyl (C=O) groups excluding carboxylic acids is 2. The Kier molecular flexibility index (Phi) is 2.98. The fraction of sp³-hybridized carbons (Fsp3) is 0.429. The summed E-state index contributed by atoms with van der Waals surface area (Å²) < 4.78 is 5.26. The van der Waals surface area contributed by atoms with Crippen molar-refractivity contribution in [1.82, 2.24) is 4.90 Å². The molecule has 0 spiro atoms. The number of anilines is 1. The molecule has 0 N–H and O–H groups in total. The molecule has 2 saturated heterocycles. The number of nitrogens with zero attached hydrogens (tertiary/aromatic N) is 2. The highest BCUT2D eigenvalue weighted by molar-refractivity contribution is 6.12. The number of ether oxygens (including phenoxy) is 1. The van der Waals surface area contributed by atoms with Crippen molar-refractivity contribution in [3.63, 3.8) is 0 Å². The molecule has 19 heavy (non-hydrogen) atoms. The van der Waals surface area contributed by atoms with Crippen LogP contribution in [0.4, 0.5) is 10.5 Å². The van der Waals surface area contributed by atoms with Crippen LogP contribution in [0.3, 0.4) is 0 Å². The third-order valence-electron chi connectivity index (χ3n) is 3.62. The molecule has 1 aromatic rings. The van der Waals surface area contributed by atoms with E-state index in [1.807, 2.05) is 31.2 Å². The van der Waals surface area contributed by atoms with E-state index in [0.29, 0.717) is 13.2 Å². The van der Waals surface area contributed by atoms with Crippen molar-refractivity contribution < 1.29 is 14.3 Å². The molecule has 1 aromatic carbocycles. The van der Waals surface area contributed by atoms with Crippen molar-refractivity contribution in [2.75, 3.05) is 24.7 Å². The predicted molar refractivity (Wildman–Crippen MR) is 70.0 cm³/mol. The van der Waals surface area contributed by atoms with Crippen LogP contribution >= 0.6 is 0 Å². The van der Waals surface area contributed by atoms with E-state index in [2.05, 4.69) is 0 Å². The summed E-state index contributed by atoms with van der Waals surface area (Å²) in [5, 5.41) is 0. The van der Waals surface area contributed by atoms with Crippen molar-refractivity contribution in [3.05, 3.63) is 29.8 Å². The number of rotatable bonds is 2. The minimum Gasteiger partial charge on any atom is -0.379 e. The molecule has 2 aliphatic rings. The first-order chi connectivity index (χ1) is 9.16. The third-order valence-corrected chi connectivity index (χ3v) is 3.62. The van der Waals surface area contributed by atoms with Gasteiger partial charge in [0.2, 0.25) is 0 Å². The van der Waals surface area contributed by atoms with Gasteiger partial charge in [-0.15, -0.1) is 0 Å². The van der Waals surface area contributed by atoms with Crippen LogP contribution in [-0.4, -0.2) is 42.6 Å². The molecule has 0 bridgehead atoms.